The number of rotatable bonds is 3. The average molecular weight is 235 g/mol. The molecule has 1 atom stereocenters. The maximum atomic E-state index is 10.6. The highest BCUT2D eigenvalue weighted by molar-refractivity contribution is 7.85. The number of benzene rings is 1. The molecule has 1 rings (SSSR count). The molecule has 14 heavy (non-hydrogen) atoms. The molecule has 0 heterocycles. The van der Waals surface area contributed by atoms with E-state index >= 15 is 0 Å². The number of hydrogen-bond acceptors (Lipinski definition) is 2. The largest absolute Gasteiger partial charge is 0.286 e. The summed E-state index contributed by atoms with van der Waals surface area (Å²) < 4.78 is 29.9. The highest BCUT2D eigenvalue weighted by atomic mass is 35.5. The molecule has 1 aromatic carbocycles. The first-order chi connectivity index (χ1) is 6.38. The maximum Gasteiger partial charge on any atom is 0.265 e. The quantitative estimate of drug-likeness (QED) is 0.817. The Morgan fingerprint density at radius 1 is 1.36 bits per heavy atom. The first-order valence-electron chi connectivity index (χ1n) is 4.09. The Hall–Kier alpha value is -0.580. The maximum absolute atomic E-state index is 10.6. The van der Waals surface area contributed by atoms with Crippen molar-refractivity contribution in [1.29, 1.82) is 0 Å². The van der Waals surface area contributed by atoms with E-state index in [1.54, 1.807) is 31.2 Å². The van der Waals surface area contributed by atoms with Gasteiger partial charge in [0.25, 0.3) is 10.1 Å². The van der Waals surface area contributed by atoms with Crippen LogP contribution >= 0.6 is 11.6 Å². The van der Waals surface area contributed by atoms with Crippen LogP contribution in [0.5, 0.6) is 0 Å². The van der Waals surface area contributed by atoms with Crippen molar-refractivity contribution in [2.24, 2.45) is 0 Å². The molecule has 0 radical (unpaired) electrons. The lowest BCUT2D eigenvalue weighted by Crippen LogP contribution is -2.10. The van der Waals surface area contributed by atoms with Gasteiger partial charge in [-0.25, -0.2) is 0 Å². The second-order valence-corrected chi connectivity index (χ2v) is 5.13. The molecule has 0 aromatic heterocycles. The van der Waals surface area contributed by atoms with Crippen LogP contribution in [0.25, 0.3) is 0 Å². The summed E-state index contributed by atoms with van der Waals surface area (Å²) in [4.78, 5) is 0. The van der Waals surface area contributed by atoms with Gasteiger partial charge in [0.2, 0.25) is 0 Å². The summed E-state index contributed by atoms with van der Waals surface area (Å²) in [6.07, 6.45) is 0. The minimum atomic E-state index is -3.91. The smallest absolute Gasteiger partial charge is 0.265 e. The summed E-state index contributed by atoms with van der Waals surface area (Å²) in [7, 11) is -3.91. The van der Waals surface area contributed by atoms with Crippen LogP contribution in [0, 0.1) is 0 Å². The van der Waals surface area contributed by atoms with Crippen LogP contribution in [-0.4, -0.2) is 18.7 Å². The monoisotopic (exact) mass is 234 g/mol. The molecule has 0 spiro atoms. The van der Waals surface area contributed by atoms with Gasteiger partial charge in [-0.3, -0.25) is 4.55 Å². The van der Waals surface area contributed by atoms with Gasteiger partial charge in [-0.15, -0.1) is 0 Å². The molecular weight excluding hydrogens is 224 g/mol. The van der Waals surface area contributed by atoms with Crippen molar-refractivity contribution in [3.63, 3.8) is 0 Å². The van der Waals surface area contributed by atoms with Gasteiger partial charge in [-0.05, 0) is 23.6 Å². The Labute approximate surface area is 88.5 Å². The zero-order chi connectivity index (χ0) is 10.8. The average Bonchev–Trinajstić information content (AvgIpc) is 2.02. The summed E-state index contributed by atoms with van der Waals surface area (Å²) in [6.45, 7) is 1.73. The van der Waals surface area contributed by atoms with Crippen LogP contribution in [0.3, 0.4) is 0 Å². The van der Waals surface area contributed by atoms with Gasteiger partial charge in [0.1, 0.15) is 0 Å². The van der Waals surface area contributed by atoms with Crippen molar-refractivity contribution in [3.05, 3.63) is 34.9 Å². The van der Waals surface area contributed by atoms with Gasteiger partial charge in [0, 0.05) is 5.02 Å². The molecule has 1 aromatic rings. The molecule has 0 bridgehead atoms. The fourth-order valence-corrected chi connectivity index (χ4v) is 2.15. The molecular formula is C9H11ClO3S. The summed E-state index contributed by atoms with van der Waals surface area (Å²) in [5, 5.41) is 0.604. The first kappa shape index (κ1) is 11.5. The number of halogens is 1. The molecule has 5 heteroatoms. The zero-order valence-electron chi connectivity index (χ0n) is 7.64. The second kappa shape index (κ2) is 4.29. The van der Waals surface area contributed by atoms with Gasteiger partial charge in [-0.1, -0.05) is 30.7 Å². The zero-order valence-corrected chi connectivity index (χ0v) is 9.22. The van der Waals surface area contributed by atoms with Gasteiger partial charge in [0.15, 0.2) is 0 Å². The van der Waals surface area contributed by atoms with E-state index in [1.807, 2.05) is 0 Å². The van der Waals surface area contributed by atoms with Crippen molar-refractivity contribution < 1.29 is 13.0 Å². The van der Waals surface area contributed by atoms with Crippen molar-refractivity contribution in [2.75, 3.05) is 5.75 Å². The van der Waals surface area contributed by atoms with Crippen LogP contribution in [0.4, 0.5) is 0 Å². The van der Waals surface area contributed by atoms with Crippen molar-refractivity contribution in [1.82, 2.24) is 0 Å². The van der Waals surface area contributed by atoms with E-state index in [2.05, 4.69) is 0 Å². The highest BCUT2D eigenvalue weighted by Gasteiger charge is 2.13. The molecule has 0 saturated heterocycles. The fourth-order valence-electron chi connectivity index (χ4n) is 1.20. The molecule has 1 N–H and O–H groups in total. The van der Waals surface area contributed by atoms with Crippen molar-refractivity contribution in [2.45, 2.75) is 12.8 Å². The summed E-state index contributed by atoms with van der Waals surface area (Å²) in [5.41, 5.74) is 0.840. The molecule has 0 fully saturated rings. The van der Waals surface area contributed by atoms with E-state index in [0.717, 1.165) is 5.56 Å². The van der Waals surface area contributed by atoms with E-state index in [1.165, 1.54) is 0 Å². The lowest BCUT2D eigenvalue weighted by Gasteiger charge is -2.09. The van der Waals surface area contributed by atoms with Crippen LogP contribution in [0.15, 0.2) is 24.3 Å². The summed E-state index contributed by atoms with van der Waals surface area (Å²) in [6, 6.07) is 6.88. The molecule has 0 aliphatic heterocycles. The second-order valence-electron chi connectivity index (χ2n) is 3.20. The van der Waals surface area contributed by atoms with E-state index in [-0.39, 0.29) is 11.7 Å². The highest BCUT2D eigenvalue weighted by Crippen LogP contribution is 2.19. The molecule has 0 aliphatic rings. The van der Waals surface area contributed by atoms with Crippen molar-refractivity contribution >= 4 is 21.7 Å². The Kier molecular flexibility index (Phi) is 3.53. The topological polar surface area (TPSA) is 54.4 Å². The Bertz CT molecular complexity index is 397. The van der Waals surface area contributed by atoms with Gasteiger partial charge >= 0.3 is 0 Å². The van der Waals surface area contributed by atoms with Gasteiger partial charge in [-0.2, -0.15) is 8.42 Å². The molecule has 0 saturated carbocycles. The normalized spacial score (nSPS) is 13.9. The Balaban J connectivity index is 2.80. The number of hydrogen-bond donors (Lipinski definition) is 1. The first-order valence-corrected chi connectivity index (χ1v) is 6.08. The third kappa shape index (κ3) is 3.65. The molecule has 0 aliphatic carbocycles. The summed E-state index contributed by atoms with van der Waals surface area (Å²) >= 11 is 5.68. The molecule has 0 amide bonds. The van der Waals surface area contributed by atoms with Crippen LogP contribution in [0.1, 0.15) is 18.4 Å². The lowest BCUT2D eigenvalue weighted by atomic mass is 10.0. The van der Waals surface area contributed by atoms with Crippen LogP contribution < -0.4 is 0 Å². The summed E-state index contributed by atoms with van der Waals surface area (Å²) in [5.74, 6) is -0.503. The molecule has 78 valence electrons. The molecule has 1 unspecified atom stereocenters. The van der Waals surface area contributed by atoms with Crippen LogP contribution in [-0.2, 0) is 10.1 Å². The van der Waals surface area contributed by atoms with Gasteiger partial charge in [0.05, 0.1) is 5.75 Å². The predicted octanol–water partition coefficient (Wildman–Crippen LogP) is 2.33. The van der Waals surface area contributed by atoms with E-state index in [0.29, 0.717) is 5.02 Å². The third-order valence-corrected chi connectivity index (χ3v) is 3.07. The minimum Gasteiger partial charge on any atom is -0.286 e. The SMILES string of the molecule is CC(CS(=O)(=O)O)c1ccc(Cl)cc1. The van der Waals surface area contributed by atoms with Crippen LogP contribution in [0.2, 0.25) is 5.02 Å². The standard InChI is InChI=1S/C9H11ClO3S/c1-7(6-14(11,12)13)8-2-4-9(10)5-3-8/h2-5,7H,6H2,1H3,(H,11,12,13). The Morgan fingerprint density at radius 3 is 2.29 bits per heavy atom. The fraction of sp³-hybridized carbons (Fsp3) is 0.333. The lowest BCUT2D eigenvalue weighted by molar-refractivity contribution is 0.479. The van der Waals surface area contributed by atoms with E-state index in [9.17, 15) is 8.42 Å². The predicted molar refractivity (Wildman–Crippen MR) is 56.3 cm³/mol. The van der Waals surface area contributed by atoms with E-state index < -0.39 is 10.1 Å². The van der Waals surface area contributed by atoms with Crippen molar-refractivity contribution in [3.8, 4) is 0 Å². The molecule has 3 nitrogen and oxygen atoms in total. The Morgan fingerprint density at radius 2 is 1.86 bits per heavy atom. The minimum absolute atomic E-state index is 0.234. The van der Waals surface area contributed by atoms with Gasteiger partial charge < -0.3 is 0 Å². The third-order valence-electron chi connectivity index (χ3n) is 1.90. The van der Waals surface area contributed by atoms with E-state index in [4.69, 9.17) is 16.2 Å².